The second-order valence-electron chi connectivity index (χ2n) is 4.19. The Balaban J connectivity index is 2.19. The molecule has 1 aromatic heterocycles. The average Bonchev–Trinajstić information content (AvgIpc) is 2.44. The van der Waals surface area contributed by atoms with E-state index in [-0.39, 0.29) is 11.5 Å². The smallest absolute Gasteiger partial charge is 0.275 e. The van der Waals surface area contributed by atoms with Crippen LogP contribution >= 0.6 is 0 Å². The van der Waals surface area contributed by atoms with Gasteiger partial charge in [0.1, 0.15) is 17.3 Å². The number of carbonyl (C=O) groups is 1. The summed E-state index contributed by atoms with van der Waals surface area (Å²) in [4.78, 5) is 20.1. The van der Waals surface area contributed by atoms with Crippen molar-refractivity contribution in [3.8, 4) is 0 Å². The molecule has 6 heteroatoms. The molecule has 1 aromatic carbocycles. The summed E-state index contributed by atoms with van der Waals surface area (Å²) in [5.41, 5.74) is 0.981. The third-order valence-electron chi connectivity index (χ3n) is 2.74. The Morgan fingerprint density at radius 1 is 1.35 bits per heavy atom. The third-order valence-corrected chi connectivity index (χ3v) is 2.74. The lowest BCUT2D eigenvalue weighted by Crippen LogP contribution is -2.16. The van der Waals surface area contributed by atoms with Gasteiger partial charge in [-0.1, -0.05) is 6.07 Å². The van der Waals surface area contributed by atoms with Crippen LogP contribution in [0.5, 0.6) is 0 Å². The number of rotatable bonds is 4. The summed E-state index contributed by atoms with van der Waals surface area (Å²) in [6.07, 6.45) is 2.90. The van der Waals surface area contributed by atoms with Gasteiger partial charge in [-0.3, -0.25) is 9.78 Å². The van der Waals surface area contributed by atoms with Crippen LogP contribution in [0.2, 0.25) is 0 Å². The molecule has 1 amide bonds. The Morgan fingerprint density at radius 3 is 2.90 bits per heavy atom. The lowest BCUT2D eigenvalue weighted by atomic mass is 10.2. The van der Waals surface area contributed by atoms with E-state index >= 15 is 0 Å². The number of aromatic nitrogens is 2. The van der Waals surface area contributed by atoms with Gasteiger partial charge in [0.25, 0.3) is 5.91 Å². The molecule has 1 heterocycles. The standard InChI is InChI=1S/C14H15FN4O/c1-3-17-13-8-16-7-12(18-13)14(20)19-11-6-4-5-10(15)9(11)2/h4-8H,3H2,1-2H3,(H,17,18)(H,19,20). The summed E-state index contributed by atoms with van der Waals surface area (Å²) < 4.78 is 13.4. The second kappa shape index (κ2) is 6.10. The number of hydrogen-bond donors (Lipinski definition) is 2. The molecular weight excluding hydrogens is 259 g/mol. The van der Waals surface area contributed by atoms with Gasteiger partial charge >= 0.3 is 0 Å². The molecular formula is C14H15FN4O. The maximum Gasteiger partial charge on any atom is 0.275 e. The van der Waals surface area contributed by atoms with Crippen LogP contribution in [0.1, 0.15) is 23.0 Å². The highest BCUT2D eigenvalue weighted by Gasteiger charge is 2.11. The number of carbonyl (C=O) groups excluding carboxylic acids is 1. The monoisotopic (exact) mass is 274 g/mol. The maximum atomic E-state index is 13.4. The van der Waals surface area contributed by atoms with Crippen molar-refractivity contribution in [2.75, 3.05) is 17.2 Å². The molecule has 0 aliphatic heterocycles. The molecule has 0 spiro atoms. The third kappa shape index (κ3) is 3.09. The van der Waals surface area contributed by atoms with E-state index < -0.39 is 5.91 Å². The number of hydrogen-bond acceptors (Lipinski definition) is 4. The number of anilines is 2. The normalized spacial score (nSPS) is 10.2. The van der Waals surface area contributed by atoms with Crippen LogP contribution in [0.3, 0.4) is 0 Å². The number of benzene rings is 1. The van der Waals surface area contributed by atoms with Gasteiger partial charge in [0.2, 0.25) is 0 Å². The number of nitrogens with one attached hydrogen (secondary N) is 2. The maximum absolute atomic E-state index is 13.4. The van der Waals surface area contributed by atoms with Gasteiger partial charge < -0.3 is 10.6 Å². The number of amides is 1. The van der Waals surface area contributed by atoms with Gasteiger partial charge in [0.15, 0.2) is 0 Å². The minimum Gasteiger partial charge on any atom is -0.369 e. The van der Waals surface area contributed by atoms with Crippen molar-refractivity contribution in [2.24, 2.45) is 0 Å². The van der Waals surface area contributed by atoms with E-state index in [1.54, 1.807) is 19.1 Å². The fourth-order valence-electron chi connectivity index (χ4n) is 1.67. The Labute approximate surface area is 116 Å². The zero-order chi connectivity index (χ0) is 14.5. The van der Waals surface area contributed by atoms with Crippen LogP contribution in [0.15, 0.2) is 30.6 Å². The molecule has 0 aliphatic carbocycles. The summed E-state index contributed by atoms with van der Waals surface area (Å²) in [6, 6.07) is 4.52. The molecule has 0 bridgehead atoms. The molecule has 104 valence electrons. The van der Waals surface area contributed by atoms with Crippen molar-refractivity contribution in [1.29, 1.82) is 0 Å². The summed E-state index contributed by atoms with van der Waals surface area (Å²) in [5.74, 6) is -0.266. The molecule has 2 rings (SSSR count). The van der Waals surface area contributed by atoms with Crippen LogP contribution in [-0.4, -0.2) is 22.4 Å². The average molecular weight is 274 g/mol. The first-order chi connectivity index (χ1) is 9.61. The van der Waals surface area contributed by atoms with Crippen LogP contribution < -0.4 is 10.6 Å². The zero-order valence-corrected chi connectivity index (χ0v) is 11.3. The molecule has 2 aromatic rings. The van der Waals surface area contributed by atoms with E-state index in [1.165, 1.54) is 18.5 Å². The molecule has 0 aliphatic rings. The van der Waals surface area contributed by atoms with Crippen molar-refractivity contribution < 1.29 is 9.18 Å². The molecule has 20 heavy (non-hydrogen) atoms. The van der Waals surface area contributed by atoms with E-state index in [4.69, 9.17) is 0 Å². The molecule has 0 saturated heterocycles. The highest BCUT2D eigenvalue weighted by molar-refractivity contribution is 6.03. The summed E-state index contributed by atoms with van der Waals surface area (Å²) >= 11 is 0. The molecule has 0 saturated carbocycles. The summed E-state index contributed by atoms with van der Waals surface area (Å²) in [6.45, 7) is 4.21. The number of nitrogens with zero attached hydrogens (tertiary/aromatic N) is 2. The highest BCUT2D eigenvalue weighted by Crippen LogP contribution is 2.18. The highest BCUT2D eigenvalue weighted by atomic mass is 19.1. The van der Waals surface area contributed by atoms with Crippen LogP contribution in [0, 0.1) is 12.7 Å². The van der Waals surface area contributed by atoms with Crippen LogP contribution in [-0.2, 0) is 0 Å². The second-order valence-corrected chi connectivity index (χ2v) is 4.19. The molecule has 2 N–H and O–H groups in total. The fraction of sp³-hybridized carbons (Fsp3) is 0.214. The SMILES string of the molecule is CCNc1cncc(C(=O)Nc2cccc(F)c2C)n1. The predicted octanol–water partition coefficient (Wildman–Crippen LogP) is 2.61. The molecule has 0 radical (unpaired) electrons. The van der Waals surface area contributed by atoms with E-state index in [0.29, 0.717) is 23.6 Å². The summed E-state index contributed by atoms with van der Waals surface area (Å²) in [7, 11) is 0. The minimum absolute atomic E-state index is 0.173. The Morgan fingerprint density at radius 2 is 2.15 bits per heavy atom. The summed E-state index contributed by atoms with van der Waals surface area (Å²) in [5, 5.41) is 5.60. The fourth-order valence-corrected chi connectivity index (χ4v) is 1.67. The van der Waals surface area contributed by atoms with Gasteiger partial charge in [0, 0.05) is 17.8 Å². The quantitative estimate of drug-likeness (QED) is 0.899. The first-order valence-corrected chi connectivity index (χ1v) is 6.24. The lowest BCUT2D eigenvalue weighted by molar-refractivity contribution is 0.102. The van der Waals surface area contributed by atoms with E-state index in [0.717, 1.165) is 0 Å². The van der Waals surface area contributed by atoms with E-state index in [9.17, 15) is 9.18 Å². The number of halogens is 1. The van der Waals surface area contributed by atoms with E-state index in [1.807, 2.05) is 6.92 Å². The largest absolute Gasteiger partial charge is 0.369 e. The molecule has 5 nitrogen and oxygen atoms in total. The van der Waals surface area contributed by atoms with Crippen molar-refractivity contribution in [3.63, 3.8) is 0 Å². The van der Waals surface area contributed by atoms with Crippen LogP contribution in [0.4, 0.5) is 15.9 Å². The molecule has 0 unspecified atom stereocenters. The van der Waals surface area contributed by atoms with Crippen molar-refractivity contribution in [2.45, 2.75) is 13.8 Å². The first-order valence-electron chi connectivity index (χ1n) is 6.24. The van der Waals surface area contributed by atoms with Gasteiger partial charge in [-0.15, -0.1) is 0 Å². The van der Waals surface area contributed by atoms with Crippen molar-refractivity contribution >= 4 is 17.4 Å². The van der Waals surface area contributed by atoms with Crippen molar-refractivity contribution in [1.82, 2.24) is 9.97 Å². The Kier molecular flexibility index (Phi) is 4.24. The van der Waals surface area contributed by atoms with Gasteiger partial charge in [-0.05, 0) is 26.0 Å². The van der Waals surface area contributed by atoms with E-state index in [2.05, 4.69) is 20.6 Å². The zero-order valence-electron chi connectivity index (χ0n) is 11.3. The van der Waals surface area contributed by atoms with Gasteiger partial charge in [-0.25, -0.2) is 9.37 Å². The lowest BCUT2D eigenvalue weighted by Gasteiger charge is -2.09. The molecule has 0 atom stereocenters. The van der Waals surface area contributed by atoms with Crippen molar-refractivity contribution in [3.05, 3.63) is 47.7 Å². The topological polar surface area (TPSA) is 66.9 Å². The Hall–Kier alpha value is -2.50. The minimum atomic E-state index is -0.425. The predicted molar refractivity (Wildman–Crippen MR) is 75.3 cm³/mol. The first kappa shape index (κ1) is 13.9. The Bertz CT molecular complexity index is 630. The van der Waals surface area contributed by atoms with Crippen LogP contribution in [0.25, 0.3) is 0 Å². The van der Waals surface area contributed by atoms with Gasteiger partial charge in [-0.2, -0.15) is 0 Å². The van der Waals surface area contributed by atoms with Gasteiger partial charge in [0.05, 0.1) is 12.4 Å². The molecule has 0 fully saturated rings.